The van der Waals surface area contributed by atoms with Crippen LogP contribution < -0.4 is 10.2 Å². The molecular formula is C25H21N5O2S. The van der Waals surface area contributed by atoms with Gasteiger partial charge in [-0.1, -0.05) is 71.9 Å². The molecule has 0 spiro atoms. The molecule has 5 rings (SSSR count). The van der Waals surface area contributed by atoms with E-state index in [0.717, 1.165) is 16.8 Å². The third-order valence-electron chi connectivity index (χ3n) is 5.35. The number of thioether (sulfide) groups is 1. The summed E-state index contributed by atoms with van der Waals surface area (Å²) in [6.07, 6.45) is 0. The first-order chi connectivity index (χ1) is 16.1. The van der Waals surface area contributed by atoms with Gasteiger partial charge in [0.1, 0.15) is 6.54 Å². The number of anilines is 2. The number of hydrogen-bond acceptors (Lipinski definition) is 5. The molecule has 1 aliphatic heterocycles. The topological polar surface area (TPSA) is 80.1 Å². The number of amides is 2. The molecule has 164 valence electrons. The van der Waals surface area contributed by atoms with Crippen molar-refractivity contribution < 1.29 is 9.59 Å². The highest BCUT2D eigenvalue weighted by Gasteiger charge is 2.27. The summed E-state index contributed by atoms with van der Waals surface area (Å²) in [6.45, 7) is 2.03. The van der Waals surface area contributed by atoms with Crippen molar-refractivity contribution in [2.24, 2.45) is 0 Å². The van der Waals surface area contributed by atoms with E-state index in [9.17, 15) is 9.59 Å². The quantitative estimate of drug-likeness (QED) is 0.454. The van der Waals surface area contributed by atoms with E-state index in [1.54, 1.807) is 6.07 Å². The molecule has 8 heteroatoms. The molecular weight excluding hydrogens is 434 g/mol. The number of benzene rings is 3. The van der Waals surface area contributed by atoms with Crippen molar-refractivity contribution in [2.45, 2.75) is 12.1 Å². The fraction of sp³-hybridized carbons (Fsp3) is 0.120. The second-order valence-electron chi connectivity index (χ2n) is 7.68. The van der Waals surface area contributed by atoms with Crippen LogP contribution in [0, 0.1) is 6.92 Å². The maximum Gasteiger partial charge on any atom is 0.244 e. The Balaban J connectivity index is 1.45. The fourth-order valence-corrected chi connectivity index (χ4v) is 4.55. The molecule has 0 unspecified atom stereocenters. The lowest BCUT2D eigenvalue weighted by Crippen LogP contribution is -2.43. The molecule has 3 aromatic carbocycles. The minimum absolute atomic E-state index is 0.00365. The highest BCUT2D eigenvalue weighted by Crippen LogP contribution is 2.31. The number of carbonyl (C=O) groups is 2. The number of aromatic nitrogens is 3. The Morgan fingerprint density at radius 2 is 1.70 bits per heavy atom. The maximum atomic E-state index is 13.1. The van der Waals surface area contributed by atoms with E-state index in [2.05, 4.69) is 15.5 Å². The van der Waals surface area contributed by atoms with E-state index in [0.29, 0.717) is 22.4 Å². The zero-order chi connectivity index (χ0) is 22.8. The van der Waals surface area contributed by atoms with Crippen molar-refractivity contribution in [2.75, 3.05) is 22.5 Å². The number of hydrogen-bond donors (Lipinski definition) is 1. The Morgan fingerprint density at radius 1 is 0.970 bits per heavy atom. The number of nitrogens with zero attached hydrogens (tertiary/aromatic N) is 4. The van der Waals surface area contributed by atoms with Crippen LogP contribution in [-0.2, 0) is 9.59 Å². The van der Waals surface area contributed by atoms with Gasteiger partial charge in [0.05, 0.1) is 17.1 Å². The Hall–Kier alpha value is -3.91. The Kier molecular flexibility index (Phi) is 5.66. The summed E-state index contributed by atoms with van der Waals surface area (Å²) in [5, 5.41) is 12.2. The lowest BCUT2D eigenvalue weighted by molar-refractivity contribution is -0.120. The van der Waals surface area contributed by atoms with Crippen molar-refractivity contribution in [3.05, 3.63) is 84.4 Å². The second kappa shape index (κ2) is 8.91. The minimum atomic E-state index is -0.207. The average Bonchev–Trinajstić information content (AvgIpc) is 3.27. The first-order valence-electron chi connectivity index (χ1n) is 10.5. The van der Waals surface area contributed by atoms with Crippen LogP contribution >= 0.6 is 11.8 Å². The fourth-order valence-electron chi connectivity index (χ4n) is 3.72. The van der Waals surface area contributed by atoms with Gasteiger partial charge in [-0.05, 0) is 31.2 Å². The standard InChI is InChI=1S/C25H21N5O2S/c1-17-11-13-19(14-12-17)30-24(18-7-3-2-4-8-18)27-28-25(30)33-16-23(32)29-15-22(31)26-20-9-5-6-10-21(20)29/h2-14H,15-16H2,1H3,(H,26,31). The molecule has 0 radical (unpaired) electrons. The second-order valence-corrected chi connectivity index (χ2v) is 8.62. The molecule has 0 fully saturated rings. The molecule has 2 amide bonds. The van der Waals surface area contributed by atoms with Gasteiger partial charge in [-0.2, -0.15) is 0 Å². The van der Waals surface area contributed by atoms with Crippen LogP contribution in [0.3, 0.4) is 0 Å². The third kappa shape index (κ3) is 4.25. The number of carbonyl (C=O) groups excluding carboxylic acids is 2. The molecule has 33 heavy (non-hydrogen) atoms. The van der Waals surface area contributed by atoms with E-state index in [-0.39, 0.29) is 24.1 Å². The van der Waals surface area contributed by atoms with E-state index in [1.807, 2.05) is 84.3 Å². The third-order valence-corrected chi connectivity index (χ3v) is 6.27. The molecule has 0 saturated heterocycles. The van der Waals surface area contributed by atoms with Crippen molar-refractivity contribution in [3.63, 3.8) is 0 Å². The predicted molar refractivity (Wildman–Crippen MR) is 130 cm³/mol. The van der Waals surface area contributed by atoms with Crippen LogP contribution in [0.5, 0.6) is 0 Å². The molecule has 1 aliphatic rings. The molecule has 4 aromatic rings. The zero-order valence-corrected chi connectivity index (χ0v) is 18.7. The summed E-state index contributed by atoms with van der Waals surface area (Å²) in [4.78, 5) is 26.7. The molecule has 2 heterocycles. The summed E-state index contributed by atoms with van der Waals surface area (Å²) in [5.41, 5.74) is 4.35. The maximum absolute atomic E-state index is 13.1. The number of rotatable bonds is 5. The lowest BCUT2D eigenvalue weighted by atomic mass is 10.2. The summed E-state index contributed by atoms with van der Waals surface area (Å²) in [7, 11) is 0. The van der Waals surface area contributed by atoms with Crippen molar-refractivity contribution in [1.82, 2.24) is 14.8 Å². The normalized spacial score (nSPS) is 12.9. The van der Waals surface area contributed by atoms with Gasteiger partial charge in [-0.25, -0.2) is 0 Å². The van der Waals surface area contributed by atoms with Crippen molar-refractivity contribution in [3.8, 4) is 17.1 Å². The van der Waals surface area contributed by atoms with Gasteiger partial charge in [-0.15, -0.1) is 10.2 Å². The van der Waals surface area contributed by atoms with Crippen LogP contribution in [-0.4, -0.2) is 38.9 Å². The zero-order valence-electron chi connectivity index (χ0n) is 17.9. The van der Waals surface area contributed by atoms with Gasteiger partial charge in [0.2, 0.25) is 11.8 Å². The molecule has 0 bridgehead atoms. The summed E-state index contributed by atoms with van der Waals surface area (Å²) in [6, 6.07) is 25.2. The van der Waals surface area contributed by atoms with E-state index >= 15 is 0 Å². The van der Waals surface area contributed by atoms with Crippen LogP contribution in [0.1, 0.15) is 5.56 Å². The highest BCUT2D eigenvalue weighted by molar-refractivity contribution is 7.99. The highest BCUT2D eigenvalue weighted by atomic mass is 32.2. The Bertz CT molecular complexity index is 1320. The van der Waals surface area contributed by atoms with E-state index in [1.165, 1.54) is 16.7 Å². The number of fused-ring (bicyclic) bond motifs is 1. The first kappa shape index (κ1) is 21.0. The largest absolute Gasteiger partial charge is 0.323 e. The van der Waals surface area contributed by atoms with Gasteiger partial charge in [0.25, 0.3) is 0 Å². The first-order valence-corrected chi connectivity index (χ1v) is 11.5. The van der Waals surface area contributed by atoms with Crippen LogP contribution in [0.15, 0.2) is 84.0 Å². The van der Waals surface area contributed by atoms with Gasteiger partial charge < -0.3 is 10.2 Å². The van der Waals surface area contributed by atoms with Crippen LogP contribution in [0.4, 0.5) is 11.4 Å². The lowest BCUT2D eigenvalue weighted by Gasteiger charge is -2.29. The Labute approximate surface area is 195 Å². The smallest absolute Gasteiger partial charge is 0.244 e. The van der Waals surface area contributed by atoms with Gasteiger partial charge in [0.15, 0.2) is 11.0 Å². The monoisotopic (exact) mass is 455 g/mol. The van der Waals surface area contributed by atoms with E-state index in [4.69, 9.17) is 0 Å². The summed E-state index contributed by atoms with van der Waals surface area (Å²) in [5.74, 6) is 0.459. The van der Waals surface area contributed by atoms with Crippen molar-refractivity contribution in [1.29, 1.82) is 0 Å². The molecule has 0 saturated carbocycles. The summed E-state index contributed by atoms with van der Waals surface area (Å²) >= 11 is 1.31. The summed E-state index contributed by atoms with van der Waals surface area (Å²) < 4.78 is 1.96. The predicted octanol–water partition coefficient (Wildman–Crippen LogP) is 4.32. The molecule has 0 atom stereocenters. The minimum Gasteiger partial charge on any atom is -0.323 e. The van der Waals surface area contributed by atoms with Crippen LogP contribution in [0.2, 0.25) is 0 Å². The Morgan fingerprint density at radius 3 is 2.48 bits per heavy atom. The van der Waals surface area contributed by atoms with Crippen molar-refractivity contribution >= 4 is 35.0 Å². The molecule has 1 aromatic heterocycles. The molecule has 0 aliphatic carbocycles. The number of para-hydroxylation sites is 2. The van der Waals surface area contributed by atoms with E-state index < -0.39 is 0 Å². The van der Waals surface area contributed by atoms with Gasteiger partial charge in [-0.3, -0.25) is 14.2 Å². The van der Waals surface area contributed by atoms with Crippen LogP contribution in [0.25, 0.3) is 17.1 Å². The number of aryl methyl sites for hydroxylation is 1. The molecule has 1 N–H and O–H groups in total. The SMILES string of the molecule is Cc1ccc(-n2c(SCC(=O)N3CC(=O)Nc4ccccc43)nnc2-c2ccccc2)cc1. The number of nitrogens with one attached hydrogen (secondary N) is 1. The average molecular weight is 456 g/mol. The molecule has 7 nitrogen and oxygen atoms in total. The van der Waals surface area contributed by atoms with Gasteiger partial charge >= 0.3 is 0 Å². The van der Waals surface area contributed by atoms with Gasteiger partial charge in [0, 0.05) is 11.3 Å².